The molecule has 0 radical (unpaired) electrons. The molecule has 0 aromatic heterocycles. The Morgan fingerprint density at radius 3 is 2.88 bits per heavy atom. The second-order valence-electron chi connectivity index (χ2n) is 3.82. The van der Waals surface area contributed by atoms with Gasteiger partial charge in [0.2, 0.25) is 0 Å². The van der Waals surface area contributed by atoms with E-state index in [0.29, 0.717) is 25.3 Å². The van der Waals surface area contributed by atoms with Crippen LogP contribution in [0, 0.1) is 17.1 Å². The topological polar surface area (TPSA) is 48.3 Å². The van der Waals surface area contributed by atoms with Crippen molar-refractivity contribution in [2.45, 2.75) is 6.54 Å². The van der Waals surface area contributed by atoms with E-state index in [1.54, 1.807) is 12.1 Å². The number of halogens is 1. The number of nitrogens with one attached hydrogen (secondary N) is 1. The van der Waals surface area contributed by atoms with Crippen LogP contribution in [0.2, 0.25) is 0 Å². The number of hydrazine groups is 1. The van der Waals surface area contributed by atoms with Gasteiger partial charge in [0.25, 0.3) is 0 Å². The van der Waals surface area contributed by atoms with Gasteiger partial charge < -0.3 is 4.74 Å². The van der Waals surface area contributed by atoms with Crippen LogP contribution >= 0.6 is 0 Å². The van der Waals surface area contributed by atoms with Crippen molar-refractivity contribution in [2.24, 2.45) is 0 Å². The number of hydrogen-bond acceptors (Lipinski definition) is 4. The van der Waals surface area contributed by atoms with E-state index in [1.165, 1.54) is 6.07 Å². The summed E-state index contributed by atoms with van der Waals surface area (Å²) >= 11 is 0. The zero-order valence-electron chi connectivity index (χ0n) is 9.45. The maximum atomic E-state index is 13.7. The van der Waals surface area contributed by atoms with E-state index < -0.39 is 5.82 Å². The Kier molecular flexibility index (Phi) is 4.04. The molecule has 0 amide bonds. The Labute approximate surface area is 99.6 Å². The summed E-state index contributed by atoms with van der Waals surface area (Å²) in [6, 6.07) is 6.69. The molecule has 0 atom stereocenters. The monoisotopic (exact) mass is 235 g/mol. The molecule has 0 aliphatic carbocycles. The van der Waals surface area contributed by atoms with E-state index >= 15 is 0 Å². The predicted octanol–water partition coefficient (Wildman–Crippen LogP) is 1.03. The molecule has 5 heteroatoms. The van der Waals surface area contributed by atoms with Crippen LogP contribution in [0.25, 0.3) is 0 Å². The van der Waals surface area contributed by atoms with Crippen LogP contribution < -0.4 is 5.43 Å². The number of ether oxygens (including phenoxy) is 1. The summed E-state index contributed by atoms with van der Waals surface area (Å²) in [5, 5.41) is 10.7. The quantitative estimate of drug-likeness (QED) is 0.850. The summed E-state index contributed by atoms with van der Waals surface area (Å²) in [4.78, 5) is 0. The Bertz CT molecular complexity index is 424. The highest BCUT2D eigenvalue weighted by atomic mass is 19.1. The molecule has 1 saturated heterocycles. The Hall–Kier alpha value is -1.48. The van der Waals surface area contributed by atoms with Crippen LogP contribution in [0.15, 0.2) is 18.2 Å². The van der Waals surface area contributed by atoms with Crippen molar-refractivity contribution in [2.75, 3.05) is 26.3 Å². The fourth-order valence-electron chi connectivity index (χ4n) is 1.72. The van der Waals surface area contributed by atoms with Crippen molar-refractivity contribution >= 4 is 0 Å². The summed E-state index contributed by atoms with van der Waals surface area (Å²) < 4.78 is 18.9. The van der Waals surface area contributed by atoms with Gasteiger partial charge in [-0.15, -0.1) is 0 Å². The Morgan fingerprint density at radius 2 is 2.18 bits per heavy atom. The van der Waals surface area contributed by atoms with Crippen molar-refractivity contribution in [3.8, 4) is 6.07 Å². The molecule has 17 heavy (non-hydrogen) atoms. The molecule has 4 nitrogen and oxygen atoms in total. The van der Waals surface area contributed by atoms with Gasteiger partial charge in [0, 0.05) is 25.2 Å². The first kappa shape index (κ1) is 12.0. The third-order valence-corrected chi connectivity index (χ3v) is 2.70. The molecular weight excluding hydrogens is 221 g/mol. The summed E-state index contributed by atoms with van der Waals surface area (Å²) in [6.45, 7) is 3.35. The second kappa shape index (κ2) is 5.73. The van der Waals surface area contributed by atoms with Gasteiger partial charge in [0.05, 0.1) is 18.8 Å². The lowest BCUT2D eigenvalue weighted by Gasteiger charge is -2.27. The summed E-state index contributed by atoms with van der Waals surface area (Å²) in [6.07, 6.45) is 0. The summed E-state index contributed by atoms with van der Waals surface area (Å²) in [5.41, 5.74) is 3.73. The highest BCUT2D eigenvalue weighted by Gasteiger charge is 2.11. The number of benzene rings is 1. The maximum Gasteiger partial charge on any atom is 0.145 e. The van der Waals surface area contributed by atoms with E-state index in [1.807, 2.05) is 11.1 Å². The Balaban J connectivity index is 1.96. The lowest BCUT2D eigenvalue weighted by molar-refractivity contribution is 0.0104. The average Bonchev–Trinajstić information content (AvgIpc) is 2.39. The zero-order valence-corrected chi connectivity index (χ0v) is 9.45. The standard InChI is InChI=1S/C12H14FN3O/c13-12-10(8-14)2-1-3-11(12)9-15-16-4-6-17-7-5-16/h1-3,15H,4-7,9H2. The van der Waals surface area contributed by atoms with Gasteiger partial charge in [0.1, 0.15) is 11.9 Å². The maximum absolute atomic E-state index is 13.7. The van der Waals surface area contributed by atoms with E-state index in [4.69, 9.17) is 10.00 Å². The van der Waals surface area contributed by atoms with Crippen LogP contribution in [0.4, 0.5) is 4.39 Å². The molecule has 1 aliphatic rings. The van der Waals surface area contributed by atoms with Crippen molar-refractivity contribution < 1.29 is 9.13 Å². The number of hydrogen-bond donors (Lipinski definition) is 1. The lowest BCUT2D eigenvalue weighted by atomic mass is 10.1. The van der Waals surface area contributed by atoms with Crippen LogP contribution in [-0.4, -0.2) is 31.3 Å². The minimum absolute atomic E-state index is 0.0891. The molecule has 0 bridgehead atoms. The van der Waals surface area contributed by atoms with Crippen molar-refractivity contribution in [1.82, 2.24) is 10.4 Å². The van der Waals surface area contributed by atoms with E-state index in [-0.39, 0.29) is 5.56 Å². The first-order chi connectivity index (χ1) is 8.31. The van der Waals surface area contributed by atoms with Crippen LogP contribution in [0.1, 0.15) is 11.1 Å². The second-order valence-corrected chi connectivity index (χ2v) is 3.82. The van der Waals surface area contributed by atoms with Crippen LogP contribution in [0.3, 0.4) is 0 Å². The van der Waals surface area contributed by atoms with E-state index in [0.717, 1.165) is 13.1 Å². The van der Waals surface area contributed by atoms with E-state index in [9.17, 15) is 4.39 Å². The molecule has 1 fully saturated rings. The fraction of sp³-hybridized carbons (Fsp3) is 0.417. The van der Waals surface area contributed by atoms with Crippen molar-refractivity contribution in [3.63, 3.8) is 0 Å². The van der Waals surface area contributed by atoms with Gasteiger partial charge in [-0.25, -0.2) is 9.40 Å². The van der Waals surface area contributed by atoms with Crippen molar-refractivity contribution in [3.05, 3.63) is 35.1 Å². The Morgan fingerprint density at radius 1 is 1.41 bits per heavy atom. The number of morpholine rings is 1. The molecular formula is C12H14FN3O. The molecule has 1 heterocycles. The average molecular weight is 235 g/mol. The van der Waals surface area contributed by atoms with E-state index in [2.05, 4.69) is 5.43 Å². The molecule has 90 valence electrons. The van der Waals surface area contributed by atoms with Crippen LogP contribution in [0.5, 0.6) is 0 Å². The number of nitriles is 1. The number of rotatable bonds is 3. The van der Waals surface area contributed by atoms with Gasteiger partial charge in [-0.1, -0.05) is 12.1 Å². The van der Waals surface area contributed by atoms with Gasteiger partial charge in [-0.3, -0.25) is 5.43 Å². The molecule has 2 rings (SSSR count). The third-order valence-electron chi connectivity index (χ3n) is 2.70. The molecule has 1 aromatic rings. The molecule has 1 aliphatic heterocycles. The van der Waals surface area contributed by atoms with Crippen molar-refractivity contribution in [1.29, 1.82) is 5.26 Å². The largest absolute Gasteiger partial charge is 0.379 e. The van der Waals surface area contributed by atoms with Gasteiger partial charge in [-0.2, -0.15) is 5.26 Å². The minimum Gasteiger partial charge on any atom is -0.379 e. The summed E-state index contributed by atoms with van der Waals surface area (Å²) in [7, 11) is 0. The molecule has 1 N–H and O–H groups in total. The van der Waals surface area contributed by atoms with Crippen LogP contribution in [-0.2, 0) is 11.3 Å². The normalized spacial score (nSPS) is 16.7. The first-order valence-electron chi connectivity index (χ1n) is 5.55. The fourth-order valence-corrected chi connectivity index (χ4v) is 1.72. The van der Waals surface area contributed by atoms with Gasteiger partial charge >= 0.3 is 0 Å². The predicted molar refractivity (Wildman–Crippen MR) is 60.3 cm³/mol. The molecule has 0 spiro atoms. The minimum atomic E-state index is -0.434. The molecule has 0 saturated carbocycles. The van der Waals surface area contributed by atoms with Gasteiger partial charge in [-0.05, 0) is 6.07 Å². The zero-order chi connectivity index (χ0) is 12.1. The lowest BCUT2D eigenvalue weighted by Crippen LogP contribution is -2.45. The smallest absolute Gasteiger partial charge is 0.145 e. The number of nitrogens with zero attached hydrogens (tertiary/aromatic N) is 2. The highest BCUT2D eigenvalue weighted by Crippen LogP contribution is 2.12. The highest BCUT2D eigenvalue weighted by molar-refractivity contribution is 5.34. The molecule has 1 aromatic carbocycles. The summed E-state index contributed by atoms with van der Waals surface area (Å²) in [5.74, 6) is -0.434. The molecule has 0 unspecified atom stereocenters. The third kappa shape index (κ3) is 3.01. The SMILES string of the molecule is N#Cc1cccc(CNN2CCOCC2)c1F. The first-order valence-corrected chi connectivity index (χ1v) is 5.55. The van der Waals surface area contributed by atoms with Gasteiger partial charge in [0.15, 0.2) is 0 Å².